The molecule has 0 radical (unpaired) electrons. The smallest absolute Gasteiger partial charge is 0.308 e. The maximum atomic E-state index is 13.7. The number of amides is 2. The van der Waals surface area contributed by atoms with Crippen molar-refractivity contribution in [3.05, 3.63) is 12.7 Å². The van der Waals surface area contributed by atoms with Gasteiger partial charge in [0.05, 0.1) is 23.2 Å². The van der Waals surface area contributed by atoms with Crippen LogP contribution in [0.1, 0.15) is 46.0 Å². The van der Waals surface area contributed by atoms with E-state index in [1.807, 2.05) is 6.92 Å². The molecule has 3 heterocycles. The largest absolute Gasteiger partial charge is 0.481 e. The van der Waals surface area contributed by atoms with Gasteiger partial charge in [0.1, 0.15) is 6.04 Å². The molecular formula is C21H32N2O5S. The number of nitrogens with zero attached hydrogens (tertiary/aromatic N) is 2. The number of β-amino-alcohol motifs (C(OH)–C–C–N with tert-alkyl or cyclic N) is 1. The summed E-state index contributed by atoms with van der Waals surface area (Å²) in [4.78, 5) is 42.3. The third-order valence-electron chi connectivity index (χ3n) is 6.81. The fourth-order valence-corrected chi connectivity index (χ4v) is 7.95. The van der Waals surface area contributed by atoms with Crippen molar-refractivity contribution in [2.75, 3.05) is 26.2 Å². The number of carbonyl (C=O) groups excluding carboxylic acids is 2. The molecule has 3 fully saturated rings. The predicted octanol–water partition coefficient (Wildman–Crippen LogP) is 1.75. The minimum Gasteiger partial charge on any atom is -0.481 e. The molecule has 3 rings (SSSR count). The maximum absolute atomic E-state index is 13.7. The van der Waals surface area contributed by atoms with Crippen LogP contribution >= 0.6 is 11.8 Å². The van der Waals surface area contributed by atoms with Crippen molar-refractivity contribution in [1.29, 1.82) is 0 Å². The van der Waals surface area contributed by atoms with Gasteiger partial charge < -0.3 is 20.0 Å². The Morgan fingerprint density at radius 3 is 2.69 bits per heavy atom. The number of carbonyl (C=O) groups is 3. The van der Waals surface area contributed by atoms with E-state index in [0.29, 0.717) is 25.9 Å². The second-order valence-electron chi connectivity index (χ2n) is 8.60. The lowest BCUT2D eigenvalue weighted by atomic mass is 9.66. The third kappa shape index (κ3) is 3.38. The first kappa shape index (κ1) is 22.2. The van der Waals surface area contributed by atoms with Crippen molar-refractivity contribution in [2.45, 2.75) is 61.5 Å². The van der Waals surface area contributed by atoms with E-state index in [9.17, 15) is 24.6 Å². The molecule has 3 aliphatic rings. The second kappa shape index (κ2) is 8.30. The van der Waals surface area contributed by atoms with Crippen LogP contribution in [-0.2, 0) is 14.4 Å². The number of hydrogen-bond acceptors (Lipinski definition) is 5. The summed E-state index contributed by atoms with van der Waals surface area (Å²) in [6.45, 7) is 8.56. The number of aliphatic hydroxyl groups excluding tert-OH is 1. The van der Waals surface area contributed by atoms with Crippen LogP contribution in [0.25, 0.3) is 0 Å². The molecule has 0 aromatic rings. The molecule has 2 unspecified atom stereocenters. The number of carboxylic acid groups (broad SMARTS) is 1. The molecule has 2 bridgehead atoms. The Morgan fingerprint density at radius 1 is 1.38 bits per heavy atom. The molecule has 0 aliphatic carbocycles. The van der Waals surface area contributed by atoms with E-state index in [0.717, 1.165) is 19.3 Å². The normalized spacial score (nSPS) is 35.1. The van der Waals surface area contributed by atoms with Crippen molar-refractivity contribution in [1.82, 2.24) is 9.80 Å². The van der Waals surface area contributed by atoms with Gasteiger partial charge in [-0.2, -0.15) is 0 Å². The van der Waals surface area contributed by atoms with Gasteiger partial charge in [0, 0.05) is 24.4 Å². The van der Waals surface area contributed by atoms with Crippen LogP contribution < -0.4 is 0 Å². The van der Waals surface area contributed by atoms with E-state index in [1.165, 1.54) is 16.7 Å². The zero-order chi connectivity index (χ0) is 21.4. The van der Waals surface area contributed by atoms with E-state index in [2.05, 4.69) is 13.5 Å². The third-order valence-corrected chi connectivity index (χ3v) is 8.80. The summed E-state index contributed by atoms with van der Waals surface area (Å²) in [6.07, 6.45) is 5.92. The molecule has 1 spiro atoms. The Bertz CT molecular complexity index is 701. The lowest BCUT2D eigenvalue weighted by Crippen LogP contribution is -2.55. The number of unbranched alkanes of at least 4 members (excludes halogenated alkanes) is 2. The number of thioether (sulfide) groups is 1. The number of rotatable bonds is 10. The number of likely N-dealkylation sites (tertiary alicyclic amines) is 1. The summed E-state index contributed by atoms with van der Waals surface area (Å²) in [5, 5.41) is 19.5. The SMILES string of the molecule is C=CCN(CCCCC)C(=O)C1N(CCO)C(=O)[C@@H]2[C@H](C(=O)O)[C@]3(C)CCC12S3. The van der Waals surface area contributed by atoms with Gasteiger partial charge in [0.15, 0.2) is 0 Å². The van der Waals surface area contributed by atoms with E-state index in [4.69, 9.17) is 0 Å². The molecule has 3 saturated heterocycles. The quantitative estimate of drug-likeness (QED) is 0.410. The predicted molar refractivity (Wildman–Crippen MR) is 111 cm³/mol. The van der Waals surface area contributed by atoms with Gasteiger partial charge >= 0.3 is 5.97 Å². The number of fused-ring (bicyclic) bond motifs is 1. The molecular weight excluding hydrogens is 392 g/mol. The van der Waals surface area contributed by atoms with Crippen molar-refractivity contribution in [3.63, 3.8) is 0 Å². The summed E-state index contributed by atoms with van der Waals surface area (Å²) in [5.41, 5.74) is 0. The summed E-state index contributed by atoms with van der Waals surface area (Å²) in [5.74, 6) is -2.94. The molecule has 2 N–H and O–H groups in total. The highest BCUT2D eigenvalue weighted by Gasteiger charge is 2.77. The van der Waals surface area contributed by atoms with Crippen molar-refractivity contribution in [2.24, 2.45) is 11.8 Å². The van der Waals surface area contributed by atoms with E-state index >= 15 is 0 Å². The number of carboxylic acids is 1. The zero-order valence-electron chi connectivity index (χ0n) is 17.3. The molecule has 2 amide bonds. The average molecular weight is 425 g/mol. The molecule has 3 aliphatic heterocycles. The average Bonchev–Trinajstić information content (AvgIpc) is 3.22. The summed E-state index contributed by atoms with van der Waals surface area (Å²) in [6, 6.07) is -0.732. The van der Waals surface area contributed by atoms with E-state index in [-0.39, 0.29) is 25.0 Å². The lowest BCUT2D eigenvalue weighted by molar-refractivity contribution is -0.150. The molecule has 0 aromatic carbocycles. The van der Waals surface area contributed by atoms with Crippen LogP contribution in [0, 0.1) is 11.8 Å². The van der Waals surface area contributed by atoms with E-state index in [1.54, 1.807) is 11.0 Å². The van der Waals surface area contributed by atoms with Gasteiger partial charge in [-0.1, -0.05) is 25.8 Å². The summed E-state index contributed by atoms with van der Waals surface area (Å²) < 4.78 is -1.27. The topological polar surface area (TPSA) is 98.2 Å². The van der Waals surface area contributed by atoms with Gasteiger partial charge in [0.2, 0.25) is 11.8 Å². The van der Waals surface area contributed by atoms with Gasteiger partial charge in [-0.15, -0.1) is 18.3 Å². The Hall–Kier alpha value is -1.54. The van der Waals surface area contributed by atoms with Gasteiger partial charge in [-0.25, -0.2) is 0 Å². The Morgan fingerprint density at radius 2 is 2.10 bits per heavy atom. The van der Waals surface area contributed by atoms with Crippen molar-refractivity contribution < 1.29 is 24.6 Å². The Labute approximate surface area is 176 Å². The van der Waals surface area contributed by atoms with Crippen LogP contribution in [0.5, 0.6) is 0 Å². The fourth-order valence-electron chi connectivity index (χ4n) is 5.60. The van der Waals surface area contributed by atoms with Crippen LogP contribution in [-0.4, -0.2) is 79.6 Å². The van der Waals surface area contributed by atoms with Crippen LogP contribution in [0.15, 0.2) is 12.7 Å². The van der Waals surface area contributed by atoms with Gasteiger partial charge in [0.25, 0.3) is 0 Å². The Balaban J connectivity index is 1.99. The standard InChI is InChI=1S/C21H32N2O5S/c1-4-6-7-11-22(10-5-2)18(26)16-21-9-8-20(3,29-21)15(19(27)28)14(21)17(25)23(16)12-13-24/h5,14-16,24H,2,4,6-13H2,1,3H3,(H,27,28)/t14-,15+,16?,20-,21?/m0/s1. The van der Waals surface area contributed by atoms with Crippen molar-refractivity contribution in [3.8, 4) is 0 Å². The molecule has 8 heteroatoms. The number of hydrogen-bond donors (Lipinski definition) is 2. The summed E-state index contributed by atoms with van der Waals surface area (Å²) >= 11 is 1.52. The van der Waals surface area contributed by atoms with Gasteiger partial charge in [-0.05, 0) is 26.2 Å². The molecule has 0 saturated carbocycles. The second-order valence-corrected chi connectivity index (χ2v) is 10.5. The Kier molecular flexibility index (Phi) is 6.34. The molecule has 162 valence electrons. The highest BCUT2D eigenvalue weighted by atomic mass is 32.2. The van der Waals surface area contributed by atoms with Gasteiger partial charge in [-0.3, -0.25) is 14.4 Å². The molecule has 7 nitrogen and oxygen atoms in total. The van der Waals surface area contributed by atoms with Crippen molar-refractivity contribution >= 4 is 29.5 Å². The molecule has 0 aromatic heterocycles. The van der Waals surface area contributed by atoms with Crippen LogP contribution in [0.4, 0.5) is 0 Å². The zero-order valence-corrected chi connectivity index (χ0v) is 18.1. The molecule has 29 heavy (non-hydrogen) atoms. The highest BCUT2D eigenvalue weighted by molar-refractivity contribution is 8.02. The number of aliphatic hydroxyl groups is 1. The lowest BCUT2D eigenvalue weighted by Gasteiger charge is -2.37. The van der Waals surface area contributed by atoms with Crippen LogP contribution in [0.3, 0.4) is 0 Å². The molecule has 5 atom stereocenters. The summed E-state index contributed by atoms with van der Waals surface area (Å²) in [7, 11) is 0. The first-order chi connectivity index (χ1) is 13.8. The fraction of sp³-hybridized carbons (Fsp3) is 0.762. The first-order valence-electron chi connectivity index (χ1n) is 10.5. The minimum atomic E-state index is -0.970. The van der Waals surface area contributed by atoms with Crippen LogP contribution in [0.2, 0.25) is 0 Å². The van der Waals surface area contributed by atoms with E-state index < -0.39 is 33.3 Å². The highest BCUT2D eigenvalue weighted by Crippen LogP contribution is 2.71. The maximum Gasteiger partial charge on any atom is 0.308 e. The number of aliphatic carboxylic acids is 1. The first-order valence-corrected chi connectivity index (χ1v) is 11.3. The minimum absolute atomic E-state index is 0.0496. The monoisotopic (exact) mass is 424 g/mol.